The van der Waals surface area contributed by atoms with Gasteiger partial charge in [0.1, 0.15) is 0 Å². The van der Waals surface area contributed by atoms with E-state index in [4.69, 9.17) is 5.11 Å². The van der Waals surface area contributed by atoms with Gasteiger partial charge in [0, 0.05) is 37.5 Å². The fraction of sp³-hybridized carbons (Fsp3) is 0.667. The number of aliphatic hydroxyl groups excluding tert-OH is 1. The molecular weight excluding hydrogens is 272 g/mol. The average molecular weight is 296 g/mol. The summed E-state index contributed by atoms with van der Waals surface area (Å²) in [4.78, 5) is 17.9. The van der Waals surface area contributed by atoms with Crippen LogP contribution in [0, 0.1) is 0 Å². The van der Waals surface area contributed by atoms with Crippen LogP contribution in [-0.4, -0.2) is 53.6 Å². The Hall–Kier alpha value is -0.910. The third-order valence-corrected chi connectivity index (χ3v) is 4.78. The molecule has 1 aromatic rings. The zero-order chi connectivity index (χ0) is 14.4. The largest absolute Gasteiger partial charge is 0.395 e. The van der Waals surface area contributed by atoms with Gasteiger partial charge in [-0.15, -0.1) is 11.3 Å². The SMILES string of the molecule is CCCN(CCO)CCC(=O)N1CCc2sccc2C1. The lowest BCUT2D eigenvalue weighted by molar-refractivity contribution is -0.132. The van der Waals surface area contributed by atoms with Gasteiger partial charge in [-0.05, 0) is 36.4 Å². The highest BCUT2D eigenvalue weighted by atomic mass is 32.1. The third kappa shape index (κ3) is 4.04. The van der Waals surface area contributed by atoms with Crippen molar-refractivity contribution in [3.63, 3.8) is 0 Å². The number of carbonyl (C=O) groups excluding carboxylic acids is 1. The summed E-state index contributed by atoms with van der Waals surface area (Å²) >= 11 is 1.80. The molecule has 1 amide bonds. The van der Waals surface area contributed by atoms with Gasteiger partial charge in [0.05, 0.1) is 6.61 Å². The highest BCUT2D eigenvalue weighted by Gasteiger charge is 2.21. The van der Waals surface area contributed by atoms with Gasteiger partial charge in [-0.1, -0.05) is 6.92 Å². The second-order valence-electron chi connectivity index (χ2n) is 5.25. The topological polar surface area (TPSA) is 43.8 Å². The van der Waals surface area contributed by atoms with Crippen LogP contribution in [0.2, 0.25) is 0 Å². The quantitative estimate of drug-likeness (QED) is 0.833. The van der Waals surface area contributed by atoms with Gasteiger partial charge in [0.25, 0.3) is 0 Å². The van der Waals surface area contributed by atoms with Crippen LogP contribution in [0.1, 0.15) is 30.2 Å². The Morgan fingerprint density at radius 1 is 1.45 bits per heavy atom. The second-order valence-corrected chi connectivity index (χ2v) is 6.25. The van der Waals surface area contributed by atoms with Crippen LogP contribution in [0.5, 0.6) is 0 Å². The molecule has 1 N–H and O–H groups in total. The van der Waals surface area contributed by atoms with Crippen LogP contribution in [0.4, 0.5) is 0 Å². The minimum Gasteiger partial charge on any atom is -0.395 e. The number of nitrogens with zero attached hydrogens (tertiary/aromatic N) is 2. The molecule has 0 saturated heterocycles. The lowest BCUT2D eigenvalue weighted by Gasteiger charge is -2.28. The minimum absolute atomic E-state index is 0.163. The predicted octanol–water partition coefficient (Wildman–Crippen LogP) is 1.73. The van der Waals surface area contributed by atoms with Gasteiger partial charge < -0.3 is 14.9 Å². The van der Waals surface area contributed by atoms with Crippen LogP contribution in [-0.2, 0) is 17.8 Å². The summed E-state index contributed by atoms with van der Waals surface area (Å²) in [5.41, 5.74) is 1.32. The summed E-state index contributed by atoms with van der Waals surface area (Å²) < 4.78 is 0. The maximum Gasteiger partial charge on any atom is 0.224 e. The number of rotatable bonds is 7. The van der Waals surface area contributed by atoms with E-state index in [2.05, 4.69) is 23.3 Å². The molecule has 0 atom stereocenters. The molecule has 0 aromatic carbocycles. The van der Waals surface area contributed by atoms with E-state index in [9.17, 15) is 4.79 Å². The van der Waals surface area contributed by atoms with Crippen molar-refractivity contribution in [2.45, 2.75) is 32.7 Å². The average Bonchev–Trinajstić information content (AvgIpc) is 2.92. The lowest BCUT2D eigenvalue weighted by Crippen LogP contribution is -2.38. The van der Waals surface area contributed by atoms with E-state index in [1.807, 2.05) is 4.90 Å². The van der Waals surface area contributed by atoms with E-state index >= 15 is 0 Å². The summed E-state index contributed by atoms with van der Waals surface area (Å²) in [6.07, 6.45) is 2.60. The Bertz CT molecular complexity index is 427. The number of amides is 1. The minimum atomic E-state index is 0.163. The first-order chi connectivity index (χ1) is 9.74. The van der Waals surface area contributed by atoms with Gasteiger partial charge in [-0.2, -0.15) is 0 Å². The Kier molecular flexibility index (Phi) is 6.01. The molecule has 20 heavy (non-hydrogen) atoms. The van der Waals surface area contributed by atoms with Gasteiger partial charge >= 0.3 is 0 Å². The molecule has 2 rings (SSSR count). The molecule has 0 radical (unpaired) electrons. The molecular formula is C15H24N2O2S. The summed E-state index contributed by atoms with van der Waals surface area (Å²) in [7, 11) is 0. The maximum absolute atomic E-state index is 12.3. The maximum atomic E-state index is 12.3. The molecule has 112 valence electrons. The van der Waals surface area contributed by atoms with Crippen molar-refractivity contribution in [2.24, 2.45) is 0 Å². The second kappa shape index (κ2) is 7.76. The van der Waals surface area contributed by atoms with Gasteiger partial charge in [0.15, 0.2) is 0 Å². The van der Waals surface area contributed by atoms with Crippen molar-refractivity contribution < 1.29 is 9.90 Å². The summed E-state index contributed by atoms with van der Waals surface area (Å²) in [5, 5.41) is 11.1. The molecule has 0 fully saturated rings. The molecule has 4 nitrogen and oxygen atoms in total. The van der Waals surface area contributed by atoms with Crippen LogP contribution < -0.4 is 0 Å². The summed E-state index contributed by atoms with van der Waals surface area (Å²) in [5.74, 6) is 0.237. The number of hydrogen-bond donors (Lipinski definition) is 1. The van der Waals surface area contributed by atoms with E-state index in [0.29, 0.717) is 13.0 Å². The number of thiophene rings is 1. The molecule has 1 aliphatic rings. The van der Waals surface area contributed by atoms with Crippen molar-refractivity contribution in [3.05, 3.63) is 21.9 Å². The standard InChI is InChI=1S/C15H24N2O2S/c1-2-6-16(9-10-18)7-4-15(19)17-8-3-14-13(12-17)5-11-20-14/h5,11,18H,2-4,6-10,12H2,1H3. The number of fused-ring (bicyclic) bond motifs is 1. The van der Waals surface area contributed by atoms with Crippen LogP contribution in [0.25, 0.3) is 0 Å². The van der Waals surface area contributed by atoms with Crippen molar-refractivity contribution >= 4 is 17.2 Å². The number of hydrogen-bond acceptors (Lipinski definition) is 4. The van der Waals surface area contributed by atoms with E-state index in [-0.39, 0.29) is 12.5 Å². The highest BCUT2D eigenvalue weighted by Crippen LogP contribution is 2.24. The van der Waals surface area contributed by atoms with E-state index in [1.54, 1.807) is 11.3 Å². The Balaban J connectivity index is 1.80. The third-order valence-electron chi connectivity index (χ3n) is 3.76. The smallest absolute Gasteiger partial charge is 0.224 e. The first-order valence-electron chi connectivity index (χ1n) is 7.40. The molecule has 2 heterocycles. The zero-order valence-electron chi connectivity index (χ0n) is 12.2. The fourth-order valence-electron chi connectivity index (χ4n) is 2.67. The van der Waals surface area contributed by atoms with Gasteiger partial charge in [-0.25, -0.2) is 0 Å². The highest BCUT2D eigenvalue weighted by molar-refractivity contribution is 7.10. The van der Waals surface area contributed by atoms with Crippen molar-refractivity contribution in [1.29, 1.82) is 0 Å². The van der Waals surface area contributed by atoms with Crippen molar-refractivity contribution in [1.82, 2.24) is 9.80 Å². The normalized spacial score (nSPS) is 14.7. The Labute approximate surface area is 125 Å². The molecule has 5 heteroatoms. The molecule has 0 aliphatic carbocycles. The first-order valence-corrected chi connectivity index (χ1v) is 8.28. The van der Waals surface area contributed by atoms with E-state index < -0.39 is 0 Å². The van der Waals surface area contributed by atoms with Crippen molar-refractivity contribution in [2.75, 3.05) is 32.8 Å². The summed E-state index contributed by atoms with van der Waals surface area (Å²) in [6, 6.07) is 2.13. The van der Waals surface area contributed by atoms with Crippen LogP contribution >= 0.6 is 11.3 Å². The monoisotopic (exact) mass is 296 g/mol. The number of carbonyl (C=O) groups is 1. The van der Waals surface area contributed by atoms with Gasteiger partial charge in [0.2, 0.25) is 5.91 Å². The molecule has 1 aliphatic heterocycles. The summed E-state index contributed by atoms with van der Waals surface area (Å²) in [6.45, 7) is 6.26. The lowest BCUT2D eigenvalue weighted by atomic mass is 10.1. The van der Waals surface area contributed by atoms with Gasteiger partial charge in [-0.3, -0.25) is 4.79 Å². The van der Waals surface area contributed by atoms with Crippen molar-refractivity contribution in [3.8, 4) is 0 Å². The van der Waals surface area contributed by atoms with Crippen LogP contribution in [0.15, 0.2) is 11.4 Å². The van der Waals surface area contributed by atoms with Crippen LogP contribution in [0.3, 0.4) is 0 Å². The molecule has 1 aromatic heterocycles. The number of aliphatic hydroxyl groups is 1. The first kappa shape index (κ1) is 15.5. The Morgan fingerprint density at radius 3 is 3.05 bits per heavy atom. The fourth-order valence-corrected chi connectivity index (χ4v) is 3.56. The molecule has 0 unspecified atom stereocenters. The molecule has 0 saturated carbocycles. The van der Waals surface area contributed by atoms with E-state index in [0.717, 1.165) is 39.0 Å². The molecule has 0 spiro atoms. The Morgan fingerprint density at radius 2 is 2.30 bits per heavy atom. The molecule has 0 bridgehead atoms. The zero-order valence-corrected chi connectivity index (χ0v) is 13.0. The van der Waals surface area contributed by atoms with E-state index in [1.165, 1.54) is 10.4 Å². The predicted molar refractivity (Wildman–Crippen MR) is 81.9 cm³/mol.